The van der Waals surface area contributed by atoms with E-state index in [9.17, 15) is 18.8 Å². The fourth-order valence-corrected chi connectivity index (χ4v) is 3.42. The van der Waals surface area contributed by atoms with E-state index in [0.717, 1.165) is 0 Å². The van der Waals surface area contributed by atoms with Crippen LogP contribution in [0.5, 0.6) is 0 Å². The number of para-hydroxylation sites is 1. The molecular formula is C22H23FN2O4. The minimum Gasteiger partial charge on any atom is -0.465 e. The van der Waals surface area contributed by atoms with Crippen LogP contribution in [0.3, 0.4) is 0 Å². The maximum atomic E-state index is 13.8. The third-order valence-electron chi connectivity index (χ3n) is 5.11. The number of hydrogen-bond donors (Lipinski definition) is 1. The second-order valence-electron chi connectivity index (χ2n) is 6.95. The Balaban J connectivity index is 1.55. The van der Waals surface area contributed by atoms with Crippen LogP contribution in [-0.2, 0) is 20.7 Å². The van der Waals surface area contributed by atoms with Crippen LogP contribution in [0, 0.1) is 11.7 Å². The molecular weight excluding hydrogens is 375 g/mol. The smallest absolute Gasteiger partial charge is 0.339 e. The van der Waals surface area contributed by atoms with Crippen LogP contribution in [0.2, 0.25) is 0 Å². The highest BCUT2D eigenvalue weighted by Crippen LogP contribution is 2.22. The van der Waals surface area contributed by atoms with Crippen LogP contribution < -0.4 is 5.32 Å². The molecule has 6 nitrogen and oxygen atoms in total. The van der Waals surface area contributed by atoms with Gasteiger partial charge in [0.25, 0.3) is 0 Å². The molecule has 0 atom stereocenters. The van der Waals surface area contributed by atoms with Crippen molar-refractivity contribution in [3.05, 3.63) is 65.5 Å². The summed E-state index contributed by atoms with van der Waals surface area (Å²) in [7, 11) is 1.29. The van der Waals surface area contributed by atoms with Crippen LogP contribution in [0.1, 0.15) is 28.8 Å². The largest absolute Gasteiger partial charge is 0.465 e. The van der Waals surface area contributed by atoms with Gasteiger partial charge in [0.05, 0.1) is 24.8 Å². The molecule has 0 saturated carbocycles. The number of rotatable bonds is 5. The number of amides is 2. The fourth-order valence-electron chi connectivity index (χ4n) is 3.42. The summed E-state index contributed by atoms with van der Waals surface area (Å²) in [6, 6.07) is 12.9. The molecule has 29 heavy (non-hydrogen) atoms. The molecule has 0 aromatic heterocycles. The zero-order chi connectivity index (χ0) is 20.8. The molecule has 1 saturated heterocycles. The zero-order valence-corrected chi connectivity index (χ0v) is 16.2. The predicted octanol–water partition coefficient (Wildman–Crippen LogP) is 3.03. The highest BCUT2D eigenvalue weighted by atomic mass is 19.1. The SMILES string of the molecule is COC(=O)c1ccccc1NC(=O)C1CCN(C(=O)Cc2ccccc2F)CC1. The van der Waals surface area contributed by atoms with E-state index in [2.05, 4.69) is 5.32 Å². The van der Waals surface area contributed by atoms with E-state index in [1.807, 2.05) is 0 Å². The number of nitrogens with one attached hydrogen (secondary N) is 1. The first-order chi connectivity index (χ1) is 14.0. The standard InChI is InChI=1S/C22H23FN2O4/c1-29-22(28)17-7-3-5-9-19(17)24-21(27)15-10-12-25(13-11-15)20(26)14-16-6-2-4-8-18(16)23/h2-9,15H,10-14H2,1H3,(H,24,27). The van der Waals surface area contributed by atoms with E-state index in [1.165, 1.54) is 13.2 Å². The van der Waals surface area contributed by atoms with Crippen LogP contribution in [0.15, 0.2) is 48.5 Å². The van der Waals surface area contributed by atoms with Crippen molar-refractivity contribution in [1.82, 2.24) is 4.90 Å². The van der Waals surface area contributed by atoms with Gasteiger partial charge in [0, 0.05) is 19.0 Å². The summed E-state index contributed by atoms with van der Waals surface area (Å²) in [5.74, 6) is -1.51. The Labute approximate surface area is 168 Å². The van der Waals surface area contributed by atoms with E-state index >= 15 is 0 Å². The molecule has 0 aliphatic carbocycles. The Bertz CT molecular complexity index is 907. The number of likely N-dealkylation sites (tertiary alicyclic amines) is 1. The molecule has 2 aromatic rings. The lowest BCUT2D eigenvalue weighted by Gasteiger charge is -2.31. The topological polar surface area (TPSA) is 75.7 Å². The first-order valence-corrected chi connectivity index (χ1v) is 9.49. The number of hydrogen-bond acceptors (Lipinski definition) is 4. The number of anilines is 1. The minimum atomic E-state index is -0.519. The number of methoxy groups -OCH3 is 1. The highest BCUT2D eigenvalue weighted by molar-refractivity contribution is 6.01. The van der Waals surface area contributed by atoms with Gasteiger partial charge in [0.15, 0.2) is 0 Å². The van der Waals surface area contributed by atoms with Gasteiger partial charge in [-0.05, 0) is 36.6 Å². The van der Waals surface area contributed by atoms with Crippen molar-refractivity contribution in [2.75, 3.05) is 25.5 Å². The van der Waals surface area contributed by atoms with Gasteiger partial charge in [-0.25, -0.2) is 9.18 Å². The molecule has 0 bridgehead atoms. The molecule has 0 spiro atoms. The first-order valence-electron chi connectivity index (χ1n) is 9.49. The number of ether oxygens (including phenoxy) is 1. The van der Waals surface area contributed by atoms with Crippen LogP contribution in [0.4, 0.5) is 10.1 Å². The third kappa shape index (κ3) is 4.99. The molecule has 1 N–H and O–H groups in total. The van der Waals surface area contributed by atoms with E-state index < -0.39 is 5.97 Å². The summed E-state index contributed by atoms with van der Waals surface area (Å²) >= 11 is 0. The van der Waals surface area contributed by atoms with Crippen molar-refractivity contribution < 1.29 is 23.5 Å². The second kappa shape index (κ2) is 9.32. The molecule has 1 heterocycles. The van der Waals surface area contributed by atoms with Gasteiger partial charge < -0.3 is 15.0 Å². The summed E-state index contributed by atoms with van der Waals surface area (Å²) in [5.41, 5.74) is 1.07. The Morgan fingerprint density at radius 1 is 1.07 bits per heavy atom. The molecule has 1 aliphatic rings. The number of halogens is 1. The monoisotopic (exact) mass is 398 g/mol. The molecule has 3 rings (SSSR count). The molecule has 152 valence electrons. The zero-order valence-electron chi connectivity index (χ0n) is 16.2. The predicted molar refractivity (Wildman–Crippen MR) is 106 cm³/mol. The summed E-state index contributed by atoms with van der Waals surface area (Å²) in [6.07, 6.45) is 1.03. The van der Waals surface area contributed by atoms with Crippen molar-refractivity contribution >= 4 is 23.5 Å². The van der Waals surface area contributed by atoms with Gasteiger partial charge in [0.1, 0.15) is 5.82 Å². The maximum Gasteiger partial charge on any atom is 0.339 e. The van der Waals surface area contributed by atoms with Crippen molar-refractivity contribution in [2.24, 2.45) is 5.92 Å². The van der Waals surface area contributed by atoms with Crippen LogP contribution >= 0.6 is 0 Å². The van der Waals surface area contributed by atoms with Gasteiger partial charge in [-0.1, -0.05) is 30.3 Å². The summed E-state index contributed by atoms with van der Waals surface area (Å²) < 4.78 is 18.5. The maximum absolute atomic E-state index is 13.8. The fraction of sp³-hybridized carbons (Fsp3) is 0.318. The summed E-state index contributed by atoms with van der Waals surface area (Å²) in [4.78, 5) is 38.6. The average molecular weight is 398 g/mol. The molecule has 1 fully saturated rings. The normalized spacial score (nSPS) is 14.3. The van der Waals surface area contributed by atoms with Gasteiger partial charge in [-0.3, -0.25) is 9.59 Å². The lowest BCUT2D eigenvalue weighted by Crippen LogP contribution is -2.42. The van der Waals surface area contributed by atoms with Gasteiger partial charge in [-0.15, -0.1) is 0 Å². The molecule has 1 aliphatic heterocycles. The van der Waals surface area contributed by atoms with E-state index in [0.29, 0.717) is 42.7 Å². The molecule has 2 aromatic carbocycles. The number of nitrogens with zero attached hydrogens (tertiary/aromatic N) is 1. The Kier molecular flexibility index (Phi) is 6.59. The highest BCUT2D eigenvalue weighted by Gasteiger charge is 2.28. The number of piperidine rings is 1. The second-order valence-corrected chi connectivity index (χ2v) is 6.95. The summed E-state index contributed by atoms with van der Waals surface area (Å²) in [5, 5.41) is 2.79. The molecule has 2 amide bonds. The van der Waals surface area contributed by atoms with Crippen molar-refractivity contribution in [3.63, 3.8) is 0 Å². The molecule has 0 radical (unpaired) electrons. The third-order valence-corrected chi connectivity index (χ3v) is 5.11. The number of carbonyl (C=O) groups excluding carboxylic acids is 3. The Morgan fingerprint density at radius 3 is 2.41 bits per heavy atom. The van der Waals surface area contributed by atoms with E-state index in [-0.39, 0.29) is 30.0 Å². The Morgan fingerprint density at radius 2 is 1.72 bits per heavy atom. The molecule has 7 heteroatoms. The molecule has 0 unspecified atom stereocenters. The van der Waals surface area contributed by atoms with Crippen molar-refractivity contribution in [3.8, 4) is 0 Å². The van der Waals surface area contributed by atoms with Crippen molar-refractivity contribution in [2.45, 2.75) is 19.3 Å². The number of esters is 1. The van der Waals surface area contributed by atoms with E-state index in [4.69, 9.17) is 4.74 Å². The van der Waals surface area contributed by atoms with Crippen LogP contribution in [-0.4, -0.2) is 42.9 Å². The van der Waals surface area contributed by atoms with Gasteiger partial charge in [0.2, 0.25) is 11.8 Å². The van der Waals surface area contributed by atoms with E-state index in [1.54, 1.807) is 47.4 Å². The van der Waals surface area contributed by atoms with Gasteiger partial charge >= 0.3 is 5.97 Å². The van der Waals surface area contributed by atoms with Crippen LogP contribution in [0.25, 0.3) is 0 Å². The minimum absolute atomic E-state index is 0.00996. The van der Waals surface area contributed by atoms with Gasteiger partial charge in [-0.2, -0.15) is 0 Å². The summed E-state index contributed by atoms with van der Waals surface area (Å²) in [6.45, 7) is 0.869. The average Bonchev–Trinajstić information content (AvgIpc) is 2.75. The quantitative estimate of drug-likeness (QED) is 0.786. The Hall–Kier alpha value is -3.22. The number of carbonyl (C=O) groups is 3. The lowest BCUT2D eigenvalue weighted by atomic mass is 9.95. The first kappa shape index (κ1) is 20.5. The lowest BCUT2D eigenvalue weighted by molar-refractivity contribution is -0.133. The van der Waals surface area contributed by atoms with Crippen molar-refractivity contribution in [1.29, 1.82) is 0 Å². The number of benzene rings is 2.